The Morgan fingerprint density at radius 1 is 1.14 bits per heavy atom. The SMILES string of the molecule is CC(O)C(C)NC1CCCCCC1C. The van der Waals surface area contributed by atoms with Gasteiger partial charge in [0, 0.05) is 12.1 Å². The van der Waals surface area contributed by atoms with Crippen LogP contribution in [-0.4, -0.2) is 23.3 Å². The minimum absolute atomic E-state index is 0.223. The number of hydrogen-bond acceptors (Lipinski definition) is 2. The molecule has 4 atom stereocenters. The van der Waals surface area contributed by atoms with Gasteiger partial charge in [-0.2, -0.15) is 0 Å². The predicted octanol–water partition coefficient (Wildman–Crippen LogP) is 2.31. The van der Waals surface area contributed by atoms with Gasteiger partial charge in [-0.1, -0.05) is 26.2 Å². The van der Waals surface area contributed by atoms with Crippen molar-refractivity contribution in [3.05, 3.63) is 0 Å². The monoisotopic (exact) mass is 199 g/mol. The highest BCUT2D eigenvalue weighted by atomic mass is 16.3. The van der Waals surface area contributed by atoms with Gasteiger partial charge >= 0.3 is 0 Å². The first kappa shape index (κ1) is 12.0. The molecule has 4 unspecified atom stereocenters. The van der Waals surface area contributed by atoms with Crippen molar-refractivity contribution in [2.24, 2.45) is 5.92 Å². The van der Waals surface area contributed by atoms with Gasteiger partial charge in [-0.3, -0.25) is 0 Å². The Bertz CT molecular complexity index is 158. The summed E-state index contributed by atoms with van der Waals surface area (Å²) >= 11 is 0. The minimum Gasteiger partial charge on any atom is -0.392 e. The molecule has 2 heteroatoms. The Morgan fingerprint density at radius 2 is 1.79 bits per heavy atom. The van der Waals surface area contributed by atoms with Crippen molar-refractivity contribution in [3.63, 3.8) is 0 Å². The Balaban J connectivity index is 2.40. The van der Waals surface area contributed by atoms with Gasteiger partial charge in [0.15, 0.2) is 0 Å². The van der Waals surface area contributed by atoms with Gasteiger partial charge < -0.3 is 10.4 Å². The molecule has 0 saturated heterocycles. The van der Waals surface area contributed by atoms with E-state index in [2.05, 4.69) is 19.2 Å². The van der Waals surface area contributed by atoms with E-state index in [9.17, 15) is 5.11 Å². The molecule has 2 N–H and O–H groups in total. The van der Waals surface area contributed by atoms with Crippen molar-refractivity contribution in [1.29, 1.82) is 0 Å². The standard InChI is InChI=1S/C12H25NO/c1-9-7-5-4-6-8-12(9)13-10(2)11(3)14/h9-14H,4-8H2,1-3H3. The first-order chi connectivity index (χ1) is 6.61. The fraction of sp³-hybridized carbons (Fsp3) is 1.00. The highest BCUT2D eigenvalue weighted by Crippen LogP contribution is 2.23. The van der Waals surface area contributed by atoms with Gasteiger partial charge in [0.05, 0.1) is 6.10 Å². The number of hydrogen-bond donors (Lipinski definition) is 2. The van der Waals surface area contributed by atoms with Crippen LogP contribution in [0.1, 0.15) is 52.9 Å². The molecule has 2 nitrogen and oxygen atoms in total. The number of rotatable bonds is 3. The van der Waals surface area contributed by atoms with Crippen LogP contribution in [0.15, 0.2) is 0 Å². The summed E-state index contributed by atoms with van der Waals surface area (Å²) < 4.78 is 0. The molecule has 1 fully saturated rings. The first-order valence-electron chi connectivity index (χ1n) is 6.05. The highest BCUT2D eigenvalue weighted by Gasteiger charge is 2.22. The first-order valence-corrected chi connectivity index (χ1v) is 6.05. The fourth-order valence-corrected chi connectivity index (χ4v) is 2.22. The van der Waals surface area contributed by atoms with Gasteiger partial charge in [-0.05, 0) is 32.6 Å². The summed E-state index contributed by atoms with van der Waals surface area (Å²) in [4.78, 5) is 0. The molecule has 0 radical (unpaired) electrons. The van der Waals surface area contributed by atoms with Gasteiger partial charge in [0.25, 0.3) is 0 Å². The van der Waals surface area contributed by atoms with E-state index in [4.69, 9.17) is 0 Å². The second-order valence-electron chi connectivity index (χ2n) is 4.92. The Labute approximate surface area is 88.1 Å². The van der Waals surface area contributed by atoms with Crippen LogP contribution in [0, 0.1) is 5.92 Å². The van der Waals surface area contributed by atoms with Gasteiger partial charge in [0.1, 0.15) is 0 Å². The molecule has 14 heavy (non-hydrogen) atoms. The van der Waals surface area contributed by atoms with E-state index in [0.29, 0.717) is 6.04 Å². The summed E-state index contributed by atoms with van der Waals surface area (Å²) in [5, 5.41) is 13.0. The topological polar surface area (TPSA) is 32.3 Å². The van der Waals surface area contributed by atoms with Crippen molar-refractivity contribution in [3.8, 4) is 0 Å². The second kappa shape index (κ2) is 5.72. The maximum atomic E-state index is 9.45. The van der Waals surface area contributed by atoms with E-state index >= 15 is 0 Å². The molecule has 0 amide bonds. The normalized spacial score (nSPS) is 33.4. The van der Waals surface area contributed by atoms with Crippen molar-refractivity contribution in [1.82, 2.24) is 5.32 Å². The zero-order chi connectivity index (χ0) is 10.6. The molecule has 1 aliphatic carbocycles. The molecule has 0 heterocycles. The quantitative estimate of drug-likeness (QED) is 0.684. The van der Waals surface area contributed by atoms with Crippen LogP contribution in [0.2, 0.25) is 0 Å². The van der Waals surface area contributed by atoms with Crippen LogP contribution in [0.25, 0.3) is 0 Å². The predicted molar refractivity (Wildman–Crippen MR) is 60.3 cm³/mol. The van der Waals surface area contributed by atoms with E-state index in [-0.39, 0.29) is 12.1 Å². The number of nitrogens with one attached hydrogen (secondary N) is 1. The van der Waals surface area contributed by atoms with Crippen LogP contribution in [-0.2, 0) is 0 Å². The number of aliphatic hydroxyl groups is 1. The molecule has 0 spiro atoms. The average Bonchev–Trinajstić information content (AvgIpc) is 2.32. The summed E-state index contributed by atoms with van der Waals surface area (Å²) in [6.07, 6.45) is 6.47. The van der Waals surface area contributed by atoms with Crippen molar-refractivity contribution in [2.75, 3.05) is 0 Å². The lowest BCUT2D eigenvalue weighted by Gasteiger charge is -2.28. The Hall–Kier alpha value is -0.0800. The summed E-state index contributed by atoms with van der Waals surface area (Å²) in [5.74, 6) is 0.763. The molecule has 0 bridgehead atoms. The molecule has 0 aromatic carbocycles. The molecule has 1 saturated carbocycles. The lowest BCUT2D eigenvalue weighted by Crippen LogP contribution is -2.45. The third-order valence-corrected chi connectivity index (χ3v) is 3.56. The van der Waals surface area contributed by atoms with Gasteiger partial charge in [-0.15, -0.1) is 0 Å². The third kappa shape index (κ3) is 3.58. The second-order valence-corrected chi connectivity index (χ2v) is 4.92. The lowest BCUT2D eigenvalue weighted by atomic mass is 9.96. The van der Waals surface area contributed by atoms with Crippen molar-refractivity contribution >= 4 is 0 Å². The van der Waals surface area contributed by atoms with Gasteiger partial charge in [-0.25, -0.2) is 0 Å². The van der Waals surface area contributed by atoms with E-state index in [1.807, 2.05) is 6.92 Å². The molecule has 1 aliphatic rings. The van der Waals surface area contributed by atoms with E-state index in [1.165, 1.54) is 32.1 Å². The van der Waals surface area contributed by atoms with Gasteiger partial charge in [0.2, 0.25) is 0 Å². The smallest absolute Gasteiger partial charge is 0.0662 e. The third-order valence-electron chi connectivity index (χ3n) is 3.56. The molecule has 1 rings (SSSR count). The molecule has 0 aromatic heterocycles. The Kier molecular flexibility index (Phi) is 4.90. The van der Waals surface area contributed by atoms with Crippen LogP contribution >= 0.6 is 0 Å². The fourth-order valence-electron chi connectivity index (χ4n) is 2.22. The van der Waals surface area contributed by atoms with E-state index in [0.717, 1.165) is 5.92 Å². The molecule has 0 aromatic rings. The summed E-state index contributed by atoms with van der Waals surface area (Å²) in [5.41, 5.74) is 0. The van der Waals surface area contributed by atoms with E-state index in [1.54, 1.807) is 0 Å². The van der Waals surface area contributed by atoms with E-state index < -0.39 is 0 Å². The van der Waals surface area contributed by atoms with Crippen LogP contribution < -0.4 is 5.32 Å². The molecular weight excluding hydrogens is 174 g/mol. The summed E-state index contributed by atoms with van der Waals surface area (Å²) in [6.45, 7) is 6.26. The van der Waals surface area contributed by atoms with Crippen LogP contribution in [0.4, 0.5) is 0 Å². The molecular formula is C12H25NO. The number of aliphatic hydroxyl groups excluding tert-OH is 1. The molecule has 0 aliphatic heterocycles. The largest absolute Gasteiger partial charge is 0.392 e. The van der Waals surface area contributed by atoms with Crippen LogP contribution in [0.3, 0.4) is 0 Å². The van der Waals surface area contributed by atoms with Crippen LogP contribution in [0.5, 0.6) is 0 Å². The zero-order valence-corrected chi connectivity index (χ0v) is 9.79. The highest BCUT2D eigenvalue weighted by molar-refractivity contribution is 4.80. The zero-order valence-electron chi connectivity index (χ0n) is 9.79. The minimum atomic E-state index is -0.245. The summed E-state index contributed by atoms with van der Waals surface area (Å²) in [6, 6.07) is 0.836. The molecule has 84 valence electrons. The maximum Gasteiger partial charge on any atom is 0.0662 e. The Morgan fingerprint density at radius 3 is 2.43 bits per heavy atom. The summed E-state index contributed by atoms with van der Waals surface area (Å²) in [7, 11) is 0. The maximum absolute atomic E-state index is 9.45. The van der Waals surface area contributed by atoms with Crippen molar-refractivity contribution in [2.45, 2.75) is 71.1 Å². The van der Waals surface area contributed by atoms with Crippen molar-refractivity contribution < 1.29 is 5.11 Å². The average molecular weight is 199 g/mol. The lowest BCUT2D eigenvalue weighted by molar-refractivity contribution is 0.138.